The lowest BCUT2D eigenvalue weighted by atomic mass is 9.97. The van der Waals surface area contributed by atoms with Crippen LogP contribution in [0.2, 0.25) is 5.02 Å². The third-order valence-corrected chi connectivity index (χ3v) is 4.72. The van der Waals surface area contributed by atoms with Crippen molar-refractivity contribution in [3.63, 3.8) is 0 Å². The third kappa shape index (κ3) is 4.51. The highest BCUT2D eigenvalue weighted by Gasteiger charge is 2.17. The van der Waals surface area contributed by atoms with Crippen LogP contribution in [0.1, 0.15) is 24.8 Å². The van der Waals surface area contributed by atoms with E-state index in [0.717, 1.165) is 10.9 Å². The molecule has 0 fully saturated rings. The molecule has 0 spiro atoms. The fourth-order valence-electron chi connectivity index (χ4n) is 2.84. The second-order valence-electron chi connectivity index (χ2n) is 5.87. The van der Waals surface area contributed by atoms with Gasteiger partial charge in [-0.3, -0.25) is 4.98 Å². The van der Waals surface area contributed by atoms with Crippen molar-refractivity contribution in [2.24, 2.45) is 0 Å². The normalized spacial score (nSPS) is 11.9. The molecule has 1 unspecified atom stereocenters. The van der Waals surface area contributed by atoms with Gasteiger partial charge in [0.1, 0.15) is 11.3 Å². The van der Waals surface area contributed by atoms with Crippen molar-refractivity contribution in [1.29, 1.82) is 0 Å². The maximum absolute atomic E-state index is 6.26. The summed E-state index contributed by atoms with van der Waals surface area (Å²) in [5.74, 6) is 0.818. The van der Waals surface area contributed by atoms with E-state index >= 15 is 0 Å². The van der Waals surface area contributed by atoms with E-state index in [4.69, 9.17) is 33.3 Å². The number of ether oxygens (including phenoxy) is 2. The first-order valence-electron chi connectivity index (χ1n) is 8.55. The zero-order valence-electron chi connectivity index (χ0n) is 14.5. The average Bonchev–Trinajstić information content (AvgIpc) is 2.67. The summed E-state index contributed by atoms with van der Waals surface area (Å²) in [4.78, 5) is 4.42. The van der Waals surface area contributed by atoms with Gasteiger partial charge in [0.25, 0.3) is 0 Å². The van der Waals surface area contributed by atoms with Gasteiger partial charge in [0.15, 0.2) is 5.05 Å². The van der Waals surface area contributed by atoms with E-state index in [2.05, 4.69) is 17.1 Å². The fourth-order valence-corrected chi connectivity index (χ4v) is 3.37. The topological polar surface area (TPSA) is 31.4 Å². The molecule has 3 rings (SSSR count). The largest absolute Gasteiger partial charge is 0.491 e. The molecule has 0 saturated heterocycles. The van der Waals surface area contributed by atoms with Gasteiger partial charge in [-0.1, -0.05) is 41.9 Å². The number of hydrogen-bond donors (Lipinski definition) is 0. The molecule has 0 bridgehead atoms. The number of benzene rings is 2. The third-order valence-electron chi connectivity index (χ3n) is 4.11. The van der Waals surface area contributed by atoms with Crippen molar-refractivity contribution in [2.45, 2.75) is 19.3 Å². The summed E-state index contributed by atoms with van der Waals surface area (Å²) in [6, 6.07) is 17.7. The highest BCUT2D eigenvalue weighted by atomic mass is 35.5. The molecule has 1 aromatic heterocycles. The Morgan fingerprint density at radius 2 is 1.92 bits per heavy atom. The Morgan fingerprint density at radius 3 is 2.69 bits per heavy atom. The number of fused-ring (bicyclic) bond motifs is 1. The molecule has 2 aromatic carbocycles. The Bertz CT molecular complexity index is 886. The predicted octanol–water partition coefficient (Wildman–Crippen LogP) is 5.80. The summed E-state index contributed by atoms with van der Waals surface area (Å²) >= 11 is 11.6. The first kappa shape index (κ1) is 18.6. The maximum atomic E-state index is 6.26. The second kappa shape index (κ2) is 8.97. The van der Waals surface area contributed by atoms with Crippen molar-refractivity contribution in [2.75, 3.05) is 13.2 Å². The SMILES string of the molecule is CCOC(=S)CC(COc1ccc(Cl)c2cccnc12)c1ccccc1. The van der Waals surface area contributed by atoms with E-state index in [1.54, 1.807) is 6.20 Å². The van der Waals surface area contributed by atoms with Gasteiger partial charge < -0.3 is 9.47 Å². The minimum absolute atomic E-state index is 0.102. The van der Waals surface area contributed by atoms with Crippen LogP contribution in [0.4, 0.5) is 0 Å². The molecule has 134 valence electrons. The zero-order valence-corrected chi connectivity index (χ0v) is 16.1. The highest BCUT2D eigenvalue weighted by molar-refractivity contribution is 7.80. The van der Waals surface area contributed by atoms with Crippen LogP contribution in [0.15, 0.2) is 60.8 Å². The van der Waals surface area contributed by atoms with Crippen molar-refractivity contribution in [3.8, 4) is 5.75 Å². The second-order valence-corrected chi connectivity index (χ2v) is 6.74. The lowest BCUT2D eigenvalue weighted by Crippen LogP contribution is -2.16. The predicted molar refractivity (Wildman–Crippen MR) is 110 cm³/mol. The van der Waals surface area contributed by atoms with Crippen LogP contribution >= 0.6 is 23.8 Å². The first-order valence-corrected chi connectivity index (χ1v) is 9.34. The Kier molecular flexibility index (Phi) is 6.42. The molecule has 0 amide bonds. The molecule has 0 N–H and O–H groups in total. The molecular formula is C21H20ClNO2S. The standard InChI is InChI=1S/C21H20ClNO2S/c1-2-24-20(26)13-16(15-7-4-3-5-8-15)14-25-19-11-10-18(22)17-9-6-12-23-21(17)19/h3-12,16H,2,13-14H2,1H3. The number of thiocarbonyl (C=S) groups is 1. The molecule has 0 saturated carbocycles. The molecular weight excluding hydrogens is 366 g/mol. The van der Waals surface area contributed by atoms with Crippen molar-refractivity contribution < 1.29 is 9.47 Å². The summed E-state index contributed by atoms with van der Waals surface area (Å²) in [7, 11) is 0. The van der Waals surface area contributed by atoms with Crippen LogP contribution in [0.3, 0.4) is 0 Å². The quantitative estimate of drug-likeness (QED) is 0.480. The molecule has 5 heteroatoms. The van der Waals surface area contributed by atoms with E-state index in [1.165, 1.54) is 5.56 Å². The van der Waals surface area contributed by atoms with Crippen molar-refractivity contribution in [1.82, 2.24) is 4.98 Å². The van der Waals surface area contributed by atoms with Crippen molar-refractivity contribution >= 4 is 39.8 Å². The van der Waals surface area contributed by atoms with Gasteiger partial charge in [-0.25, -0.2) is 0 Å². The molecule has 0 radical (unpaired) electrons. The molecule has 0 aliphatic carbocycles. The molecule has 1 heterocycles. The smallest absolute Gasteiger partial charge is 0.160 e. The molecule has 3 nitrogen and oxygen atoms in total. The number of aromatic nitrogens is 1. The number of halogens is 1. The first-order chi connectivity index (χ1) is 12.7. The van der Waals surface area contributed by atoms with Gasteiger partial charge in [-0.15, -0.1) is 0 Å². The molecule has 0 aliphatic rings. The number of pyridine rings is 1. The Labute approximate surface area is 163 Å². The zero-order chi connectivity index (χ0) is 18.4. The van der Waals surface area contributed by atoms with E-state index in [1.807, 2.05) is 49.4 Å². The van der Waals surface area contributed by atoms with Crippen LogP contribution in [-0.2, 0) is 4.74 Å². The van der Waals surface area contributed by atoms with Crippen molar-refractivity contribution in [3.05, 3.63) is 71.4 Å². The van der Waals surface area contributed by atoms with Crippen LogP contribution < -0.4 is 4.74 Å². The number of nitrogens with zero attached hydrogens (tertiary/aromatic N) is 1. The summed E-state index contributed by atoms with van der Waals surface area (Å²) < 4.78 is 11.6. The highest BCUT2D eigenvalue weighted by Crippen LogP contribution is 2.31. The van der Waals surface area contributed by atoms with Gasteiger partial charge in [-0.05, 0) is 49.0 Å². The lowest BCUT2D eigenvalue weighted by Gasteiger charge is -2.19. The summed E-state index contributed by atoms with van der Waals surface area (Å²) in [6.45, 7) is 2.99. The molecule has 0 aliphatic heterocycles. The monoisotopic (exact) mass is 385 g/mol. The van der Waals surface area contributed by atoms with Gasteiger partial charge in [0, 0.05) is 23.9 Å². The Hall–Kier alpha value is -2.17. The Morgan fingerprint density at radius 1 is 1.12 bits per heavy atom. The van der Waals surface area contributed by atoms with Crippen LogP contribution in [0.25, 0.3) is 10.9 Å². The van der Waals surface area contributed by atoms with Gasteiger partial charge >= 0.3 is 0 Å². The molecule has 1 atom stereocenters. The lowest BCUT2D eigenvalue weighted by molar-refractivity contribution is 0.278. The van der Waals surface area contributed by atoms with Gasteiger partial charge in [-0.2, -0.15) is 0 Å². The minimum Gasteiger partial charge on any atom is -0.491 e. The van der Waals surface area contributed by atoms with E-state index in [9.17, 15) is 0 Å². The fraction of sp³-hybridized carbons (Fsp3) is 0.238. The van der Waals surface area contributed by atoms with E-state index < -0.39 is 0 Å². The van der Waals surface area contributed by atoms with Gasteiger partial charge in [0.05, 0.1) is 18.2 Å². The number of hydrogen-bond acceptors (Lipinski definition) is 4. The Balaban J connectivity index is 1.82. The van der Waals surface area contributed by atoms with E-state index in [-0.39, 0.29) is 5.92 Å². The maximum Gasteiger partial charge on any atom is 0.160 e. The summed E-state index contributed by atoms with van der Waals surface area (Å²) in [6.07, 6.45) is 2.37. The number of rotatable bonds is 7. The molecule has 26 heavy (non-hydrogen) atoms. The average molecular weight is 386 g/mol. The van der Waals surface area contributed by atoms with Crippen LogP contribution in [0.5, 0.6) is 5.75 Å². The molecule has 3 aromatic rings. The summed E-state index contributed by atoms with van der Waals surface area (Å²) in [5, 5.41) is 2.15. The van der Waals surface area contributed by atoms with Crippen LogP contribution in [0, 0.1) is 0 Å². The minimum atomic E-state index is 0.102. The van der Waals surface area contributed by atoms with E-state index in [0.29, 0.717) is 35.5 Å². The van der Waals surface area contributed by atoms with Crippen LogP contribution in [-0.4, -0.2) is 23.2 Å². The van der Waals surface area contributed by atoms with Gasteiger partial charge in [0.2, 0.25) is 0 Å². The summed E-state index contributed by atoms with van der Waals surface area (Å²) in [5.41, 5.74) is 1.93.